The monoisotopic (exact) mass is 353 g/mol. The number of nitrogens with one attached hydrogen (secondary N) is 1. The second-order valence-corrected chi connectivity index (χ2v) is 7.29. The zero-order valence-electron chi connectivity index (χ0n) is 15.4. The maximum Gasteiger partial charge on any atom is 0.0729 e. The van der Waals surface area contributed by atoms with Crippen LogP contribution in [-0.4, -0.2) is 18.1 Å². The molecule has 27 heavy (non-hydrogen) atoms. The fourth-order valence-electron chi connectivity index (χ4n) is 4.00. The number of piperidine rings is 1. The Morgan fingerprint density at radius 3 is 2.30 bits per heavy atom. The zero-order valence-corrected chi connectivity index (χ0v) is 15.4. The number of nitrogens with zero attached hydrogens (tertiary/aromatic N) is 2. The van der Waals surface area contributed by atoms with E-state index >= 15 is 0 Å². The molecule has 134 valence electrons. The number of benzene rings is 3. The largest absolute Gasteiger partial charge is 0.372 e. The summed E-state index contributed by atoms with van der Waals surface area (Å²) in [5.74, 6) is 0. The van der Waals surface area contributed by atoms with Gasteiger partial charge in [-0.15, -0.1) is 0 Å². The van der Waals surface area contributed by atoms with Gasteiger partial charge in [0.1, 0.15) is 0 Å². The van der Waals surface area contributed by atoms with Gasteiger partial charge in [-0.1, -0.05) is 24.3 Å². The van der Waals surface area contributed by atoms with Crippen LogP contribution in [0, 0.1) is 0 Å². The summed E-state index contributed by atoms with van der Waals surface area (Å²) in [5.41, 5.74) is 4.54. The third-order valence-electron chi connectivity index (χ3n) is 5.48. The van der Waals surface area contributed by atoms with Crippen LogP contribution in [0.15, 0.2) is 72.9 Å². The van der Waals surface area contributed by atoms with Crippen molar-refractivity contribution in [3.8, 4) is 0 Å². The van der Waals surface area contributed by atoms with Crippen molar-refractivity contribution in [1.29, 1.82) is 0 Å². The van der Waals surface area contributed by atoms with Gasteiger partial charge >= 0.3 is 0 Å². The molecule has 1 aromatic heterocycles. The number of fused-ring (bicyclic) bond motifs is 2. The molecule has 0 bridgehead atoms. The molecule has 0 amide bonds. The number of hydrogen-bond acceptors (Lipinski definition) is 3. The highest BCUT2D eigenvalue weighted by atomic mass is 15.1. The molecule has 3 nitrogen and oxygen atoms in total. The van der Waals surface area contributed by atoms with Crippen LogP contribution in [-0.2, 0) is 0 Å². The molecule has 3 heteroatoms. The Balaban J connectivity index is 1.46. The molecule has 1 N–H and O–H groups in total. The Bertz CT molecular complexity index is 1080. The molecule has 4 aromatic rings. The molecule has 0 unspecified atom stereocenters. The van der Waals surface area contributed by atoms with Crippen molar-refractivity contribution in [2.75, 3.05) is 23.3 Å². The van der Waals surface area contributed by atoms with Crippen LogP contribution in [0.2, 0.25) is 0 Å². The summed E-state index contributed by atoms with van der Waals surface area (Å²) >= 11 is 0. The lowest BCUT2D eigenvalue weighted by molar-refractivity contribution is 0.578. The first-order valence-electron chi connectivity index (χ1n) is 9.76. The van der Waals surface area contributed by atoms with Gasteiger partial charge in [-0.3, -0.25) is 4.98 Å². The van der Waals surface area contributed by atoms with Gasteiger partial charge in [0.2, 0.25) is 0 Å². The molecule has 1 aliphatic heterocycles. The van der Waals surface area contributed by atoms with Crippen LogP contribution in [0.25, 0.3) is 21.7 Å². The second-order valence-electron chi connectivity index (χ2n) is 7.29. The first-order valence-corrected chi connectivity index (χ1v) is 9.76. The van der Waals surface area contributed by atoms with Crippen molar-refractivity contribution in [2.24, 2.45) is 0 Å². The molecule has 1 fully saturated rings. The van der Waals surface area contributed by atoms with Gasteiger partial charge in [-0.2, -0.15) is 0 Å². The molecule has 0 spiro atoms. The summed E-state index contributed by atoms with van der Waals surface area (Å²) in [4.78, 5) is 7.05. The highest BCUT2D eigenvalue weighted by Gasteiger charge is 2.11. The third-order valence-corrected chi connectivity index (χ3v) is 5.48. The van der Waals surface area contributed by atoms with Crippen LogP contribution in [0.3, 0.4) is 0 Å². The maximum absolute atomic E-state index is 4.56. The quantitative estimate of drug-likeness (QED) is 0.450. The number of anilines is 3. The zero-order chi connectivity index (χ0) is 18.1. The molecule has 0 atom stereocenters. The number of aromatic nitrogens is 1. The van der Waals surface area contributed by atoms with E-state index in [9.17, 15) is 0 Å². The molecule has 0 aliphatic carbocycles. The van der Waals surface area contributed by atoms with Gasteiger partial charge in [0.05, 0.1) is 5.52 Å². The Kier molecular flexibility index (Phi) is 4.13. The van der Waals surface area contributed by atoms with E-state index in [0.29, 0.717) is 0 Å². The van der Waals surface area contributed by atoms with Gasteiger partial charge in [0.15, 0.2) is 0 Å². The van der Waals surface area contributed by atoms with E-state index in [2.05, 4.69) is 81.9 Å². The number of hydrogen-bond donors (Lipinski definition) is 1. The summed E-state index contributed by atoms with van der Waals surface area (Å²) in [6.45, 7) is 2.35. The van der Waals surface area contributed by atoms with Crippen molar-refractivity contribution in [1.82, 2.24) is 4.98 Å². The average molecular weight is 353 g/mol. The maximum atomic E-state index is 4.56. The molecule has 0 saturated carbocycles. The Morgan fingerprint density at radius 1 is 0.778 bits per heavy atom. The molecule has 3 aromatic carbocycles. The lowest BCUT2D eigenvalue weighted by Gasteiger charge is -2.28. The highest BCUT2D eigenvalue weighted by Crippen LogP contribution is 2.30. The van der Waals surface area contributed by atoms with E-state index in [1.54, 1.807) is 0 Å². The molecule has 0 radical (unpaired) electrons. The van der Waals surface area contributed by atoms with E-state index in [0.717, 1.165) is 22.3 Å². The van der Waals surface area contributed by atoms with Crippen molar-refractivity contribution in [3.63, 3.8) is 0 Å². The fourth-order valence-corrected chi connectivity index (χ4v) is 4.00. The van der Waals surface area contributed by atoms with Crippen molar-refractivity contribution >= 4 is 38.7 Å². The van der Waals surface area contributed by atoms with Gasteiger partial charge in [-0.05, 0) is 72.5 Å². The predicted octanol–water partition coefficient (Wildman–Crippen LogP) is 6.12. The topological polar surface area (TPSA) is 28.2 Å². The standard InChI is InChI=1S/C24H23N3/c1-4-14-27(15-5-1)21-10-8-20(9-11-21)26-23-12-13-25-24-17-19-7-3-2-6-18(19)16-22(23)24/h2-3,6-13,16-17H,1,4-5,14-15H2,(H,25,26). The minimum atomic E-state index is 1.02. The Hall–Kier alpha value is -3.07. The fraction of sp³-hybridized carbons (Fsp3) is 0.208. The van der Waals surface area contributed by atoms with Crippen molar-refractivity contribution in [2.45, 2.75) is 19.3 Å². The average Bonchev–Trinajstić information content (AvgIpc) is 2.74. The molecule has 5 rings (SSSR count). The lowest BCUT2D eigenvalue weighted by atomic mass is 10.1. The summed E-state index contributed by atoms with van der Waals surface area (Å²) in [7, 11) is 0. The van der Waals surface area contributed by atoms with Gasteiger partial charge < -0.3 is 10.2 Å². The molecule has 1 saturated heterocycles. The summed E-state index contributed by atoms with van der Waals surface area (Å²) in [6, 6.07) is 23.7. The van der Waals surface area contributed by atoms with Crippen LogP contribution in [0.4, 0.5) is 17.1 Å². The molecular formula is C24H23N3. The summed E-state index contributed by atoms with van der Waals surface area (Å²) < 4.78 is 0. The van der Waals surface area contributed by atoms with Crippen LogP contribution >= 0.6 is 0 Å². The number of pyridine rings is 1. The normalized spacial score (nSPS) is 14.6. The first-order chi connectivity index (χ1) is 13.4. The van der Waals surface area contributed by atoms with Crippen LogP contribution in [0.5, 0.6) is 0 Å². The van der Waals surface area contributed by atoms with Gasteiger partial charge in [0.25, 0.3) is 0 Å². The van der Waals surface area contributed by atoms with Gasteiger partial charge in [0, 0.05) is 41.7 Å². The van der Waals surface area contributed by atoms with Crippen molar-refractivity contribution in [3.05, 3.63) is 72.9 Å². The number of rotatable bonds is 3. The summed E-state index contributed by atoms with van der Waals surface area (Å²) in [6.07, 6.45) is 5.84. The molecular weight excluding hydrogens is 330 g/mol. The van der Waals surface area contributed by atoms with Crippen LogP contribution < -0.4 is 10.2 Å². The minimum Gasteiger partial charge on any atom is -0.372 e. The highest BCUT2D eigenvalue weighted by molar-refractivity contribution is 6.02. The van der Waals surface area contributed by atoms with E-state index in [-0.39, 0.29) is 0 Å². The minimum absolute atomic E-state index is 1.02. The molecule has 1 aliphatic rings. The van der Waals surface area contributed by atoms with E-state index < -0.39 is 0 Å². The van der Waals surface area contributed by atoms with E-state index in [1.807, 2.05) is 6.20 Å². The molecule has 2 heterocycles. The second kappa shape index (κ2) is 6.92. The van der Waals surface area contributed by atoms with Crippen LogP contribution in [0.1, 0.15) is 19.3 Å². The van der Waals surface area contributed by atoms with Gasteiger partial charge in [-0.25, -0.2) is 0 Å². The SMILES string of the molecule is c1ccc2cc3c(Nc4ccc(N5CCCCC5)cc4)ccnc3cc2c1. The lowest BCUT2D eigenvalue weighted by Crippen LogP contribution is -2.29. The third kappa shape index (κ3) is 3.21. The first kappa shape index (κ1) is 16.1. The smallest absolute Gasteiger partial charge is 0.0729 e. The Morgan fingerprint density at radius 2 is 1.52 bits per heavy atom. The van der Waals surface area contributed by atoms with E-state index in [4.69, 9.17) is 0 Å². The Labute approximate surface area is 159 Å². The predicted molar refractivity (Wildman–Crippen MR) is 115 cm³/mol. The summed E-state index contributed by atoms with van der Waals surface area (Å²) in [5, 5.41) is 7.19. The van der Waals surface area contributed by atoms with E-state index in [1.165, 1.54) is 48.8 Å². The van der Waals surface area contributed by atoms with Crippen molar-refractivity contribution < 1.29 is 0 Å².